The number of nitrogens with two attached hydrogens (primary N) is 1. The second kappa shape index (κ2) is 4.89. The number of nitrogen functional groups attached to an aromatic ring is 1. The zero-order valence-electron chi connectivity index (χ0n) is 11.0. The Bertz CT molecular complexity index is 667. The van der Waals surface area contributed by atoms with Crippen LogP contribution in [0, 0.1) is 0 Å². The van der Waals surface area contributed by atoms with Crippen LogP contribution in [0.2, 0.25) is 0 Å². The molecule has 0 spiro atoms. The van der Waals surface area contributed by atoms with Crippen molar-refractivity contribution in [3.63, 3.8) is 0 Å². The molecule has 0 fully saturated rings. The van der Waals surface area contributed by atoms with Crippen LogP contribution < -0.4 is 10.6 Å². The molecule has 102 valence electrons. The Hall–Kier alpha value is -2.49. The van der Waals surface area contributed by atoms with E-state index in [1.54, 1.807) is 23.1 Å². The number of amides is 1. The molecule has 4 heteroatoms. The molecule has 2 aromatic rings. The van der Waals surface area contributed by atoms with E-state index in [-0.39, 0.29) is 18.1 Å². The third-order valence-corrected chi connectivity index (χ3v) is 3.57. The normalized spacial score (nSPS) is 13.3. The van der Waals surface area contributed by atoms with Crippen LogP contribution in [0.4, 0.5) is 11.4 Å². The summed E-state index contributed by atoms with van der Waals surface area (Å²) in [6, 6.07) is 12.5. The van der Waals surface area contributed by atoms with Crippen molar-refractivity contribution in [3.8, 4) is 5.75 Å². The second-order valence-electron chi connectivity index (χ2n) is 5.03. The van der Waals surface area contributed by atoms with Gasteiger partial charge in [0.1, 0.15) is 5.75 Å². The summed E-state index contributed by atoms with van der Waals surface area (Å²) in [7, 11) is 0. The minimum Gasteiger partial charge on any atom is -0.508 e. The van der Waals surface area contributed by atoms with Gasteiger partial charge in [-0.2, -0.15) is 0 Å². The molecule has 0 radical (unpaired) electrons. The Morgan fingerprint density at radius 1 is 1.25 bits per heavy atom. The van der Waals surface area contributed by atoms with E-state index >= 15 is 0 Å². The molecule has 1 heterocycles. The van der Waals surface area contributed by atoms with E-state index in [0.717, 1.165) is 23.2 Å². The maximum Gasteiger partial charge on any atom is 0.231 e. The van der Waals surface area contributed by atoms with Crippen molar-refractivity contribution >= 4 is 17.3 Å². The third kappa shape index (κ3) is 2.32. The second-order valence-corrected chi connectivity index (χ2v) is 5.03. The Balaban J connectivity index is 1.82. The van der Waals surface area contributed by atoms with Gasteiger partial charge in [-0.3, -0.25) is 4.79 Å². The number of hydrogen-bond acceptors (Lipinski definition) is 3. The number of nitrogens with zero attached hydrogens (tertiary/aromatic N) is 1. The molecule has 0 aromatic heterocycles. The number of carbonyl (C=O) groups is 1. The summed E-state index contributed by atoms with van der Waals surface area (Å²) in [6.07, 6.45) is 1.14. The minimum atomic E-state index is 0.0277. The molecule has 1 aliphatic rings. The maximum atomic E-state index is 12.4. The molecule has 3 rings (SSSR count). The van der Waals surface area contributed by atoms with Gasteiger partial charge in [-0.15, -0.1) is 0 Å². The highest BCUT2D eigenvalue weighted by atomic mass is 16.3. The van der Waals surface area contributed by atoms with Gasteiger partial charge in [-0.25, -0.2) is 0 Å². The van der Waals surface area contributed by atoms with Gasteiger partial charge in [0, 0.05) is 17.9 Å². The first-order chi connectivity index (χ1) is 9.63. The predicted molar refractivity (Wildman–Crippen MR) is 78.7 cm³/mol. The lowest BCUT2D eigenvalue weighted by molar-refractivity contribution is -0.117. The van der Waals surface area contributed by atoms with Crippen LogP contribution in [-0.4, -0.2) is 17.6 Å². The van der Waals surface area contributed by atoms with Crippen molar-refractivity contribution < 1.29 is 9.90 Å². The van der Waals surface area contributed by atoms with E-state index in [2.05, 4.69) is 0 Å². The maximum absolute atomic E-state index is 12.4. The number of phenols is 1. The van der Waals surface area contributed by atoms with Crippen LogP contribution >= 0.6 is 0 Å². The van der Waals surface area contributed by atoms with E-state index in [1.807, 2.05) is 24.3 Å². The summed E-state index contributed by atoms with van der Waals surface area (Å²) < 4.78 is 0. The number of rotatable bonds is 2. The van der Waals surface area contributed by atoms with E-state index < -0.39 is 0 Å². The van der Waals surface area contributed by atoms with Gasteiger partial charge in [-0.1, -0.05) is 18.2 Å². The van der Waals surface area contributed by atoms with Gasteiger partial charge in [0.2, 0.25) is 5.91 Å². The highest BCUT2D eigenvalue weighted by Gasteiger charge is 2.24. The van der Waals surface area contributed by atoms with Crippen molar-refractivity contribution in [2.24, 2.45) is 0 Å². The van der Waals surface area contributed by atoms with Gasteiger partial charge < -0.3 is 15.7 Å². The number of benzene rings is 2. The summed E-state index contributed by atoms with van der Waals surface area (Å²) in [4.78, 5) is 14.2. The van der Waals surface area contributed by atoms with Crippen LogP contribution in [-0.2, 0) is 17.6 Å². The van der Waals surface area contributed by atoms with Gasteiger partial charge in [-0.05, 0) is 41.8 Å². The summed E-state index contributed by atoms with van der Waals surface area (Å²) in [5.74, 6) is 0.210. The molecule has 0 saturated carbocycles. The van der Waals surface area contributed by atoms with Gasteiger partial charge >= 0.3 is 0 Å². The molecular weight excluding hydrogens is 252 g/mol. The van der Waals surface area contributed by atoms with Gasteiger partial charge in [0.25, 0.3) is 0 Å². The first-order valence-electron chi connectivity index (χ1n) is 6.60. The van der Waals surface area contributed by atoms with Crippen molar-refractivity contribution in [2.75, 3.05) is 17.2 Å². The Morgan fingerprint density at radius 2 is 2.10 bits per heavy atom. The van der Waals surface area contributed by atoms with Crippen molar-refractivity contribution in [2.45, 2.75) is 12.8 Å². The molecule has 20 heavy (non-hydrogen) atoms. The lowest BCUT2D eigenvalue weighted by atomic mass is 10.1. The molecule has 1 aliphatic heterocycles. The third-order valence-electron chi connectivity index (χ3n) is 3.57. The molecule has 0 unspecified atom stereocenters. The van der Waals surface area contributed by atoms with E-state index in [4.69, 9.17) is 5.73 Å². The number of hydrogen-bond donors (Lipinski definition) is 2. The molecule has 0 aliphatic carbocycles. The lowest BCUT2D eigenvalue weighted by Gasteiger charge is -2.17. The minimum absolute atomic E-state index is 0.0277. The lowest BCUT2D eigenvalue weighted by Crippen LogP contribution is -2.30. The van der Waals surface area contributed by atoms with E-state index in [9.17, 15) is 9.90 Å². The summed E-state index contributed by atoms with van der Waals surface area (Å²) in [5, 5.41) is 9.44. The number of phenolic OH excluding ortho intramolecular Hbond substituents is 1. The molecular formula is C16H16N2O2. The smallest absolute Gasteiger partial charge is 0.231 e. The molecule has 0 saturated heterocycles. The van der Waals surface area contributed by atoms with Crippen LogP contribution in [0.25, 0.3) is 0 Å². The SMILES string of the molecule is Nc1ccc2c(c1)N(C(=O)Cc1cccc(O)c1)CC2. The van der Waals surface area contributed by atoms with Crippen molar-refractivity contribution in [1.82, 2.24) is 0 Å². The Morgan fingerprint density at radius 3 is 2.90 bits per heavy atom. The standard InChI is InChI=1S/C16H16N2O2/c17-13-5-4-12-6-7-18(15(12)10-13)16(20)9-11-2-1-3-14(19)8-11/h1-5,8,10,19H,6-7,9,17H2. The van der Waals surface area contributed by atoms with Crippen LogP contribution in [0.5, 0.6) is 5.75 Å². The fraction of sp³-hybridized carbons (Fsp3) is 0.188. The van der Waals surface area contributed by atoms with E-state index in [0.29, 0.717) is 12.2 Å². The molecule has 4 nitrogen and oxygen atoms in total. The number of carbonyl (C=O) groups excluding carboxylic acids is 1. The zero-order valence-corrected chi connectivity index (χ0v) is 11.0. The zero-order chi connectivity index (χ0) is 14.1. The number of anilines is 2. The summed E-state index contributed by atoms with van der Waals surface area (Å²) >= 11 is 0. The molecule has 2 aromatic carbocycles. The van der Waals surface area contributed by atoms with E-state index in [1.165, 1.54) is 0 Å². The monoisotopic (exact) mass is 268 g/mol. The Kier molecular flexibility index (Phi) is 3.06. The fourth-order valence-corrected chi connectivity index (χ4v) is 2.59. The van der Waals surface area contributed by atoms with Crippen LogP contribution in [0.1, 0.15) is 11.1 Å². The average Bonchev–Trinajstić information content (AvgIpc) is 2.81. The molecule has 0 atom stereocenters. The fourth-order valence-electron chi connectivity index (χ4n) is 2.59. The first-order valence-corrected chi connectivity index (χ1v) is 6.60. The summed E-state index contributed by atoms with van der Waals surface area (Å²) in [6.45, 7) is 0.691. The highest BCUT2D eigenvalue weighted by molar-refractivity contribution is 5.97. The highest BCUT2D eigenvalue weighted by Crippen LogP contribution is 2.30. The largest absolute Gasteiger partial charge is 0.508 e. The molecule has 0 bridgehead atoms. The van der Waals surface area contributed by atoms with Crippen molar-refractivity contribution in [1.29, 1.82) is 0 Å². The van der Waals surface area contributed by atoms with Crippen molar-refractivity contribution in [3.05, 3.63) is 53.6 Å². The van der Waals surface area contributed by atoms with Gasteiger partial charge in [0.05, 0.1) is 6.42 Å². The number of fused-ring (bicyclic) bond motifs is 1. The number of aromatic hydroxyl groups is 1. The average molecular weight is 268 g/mol. The molecule has 3 N–H and O–H groups in total. The van der Waals surface area contributed by atoms with Crippen LogP contribution in [0.3, 0.4) is 0 Å². The summed E-state index contributed by atoms with van der Waals surface area (Å²) in [5.41, 5.74) is 9.34. The first kappa shape index (κ1) is 12.5. The topological polar surface area (TPSA) is 66.6 Å². The molecule has 1 amide bonds. The van der Waals surface area contributed by atoms with Crippen LogP contribution in [0.15, 0.2) is 42.5 Å². The Labute approximate surface area is 117 Å². The predicted octanol–water partition coefficient (Wildman–Crippen LogP) is 2.11. The quantitative estimate of drug-likeness (QED) is 0.820. The van der Waals surface area contributed by atoms with Gasteiger partial charge in [0.15, 0.2) is 0 Å².